The van der Waals surface area contributed by atoms with Crippen molar-refractivity contribution in [2.24, 2.45) is 0 Å². The fourth-order valence-electron chi connectivity index (χ4n) is 5.85. The largest absolute Gasteiger partial charge is 0.496 e. The number of hydrogen-bond acceptors (Lipinski definition) is 9. The highest BCUT2D eigenvalue weighted by Crippen LogP contribution is 2.38. The van der Waals surface area contributed by atoms with Crippen LogP contribution in [0.5, 0.6) is 5.75 Å². The minimum Gasteiger partial charge on any atom is -0.496 e. The Morgan fingerprint density at radius 3 is 2.52 bits per heavy atom. The molecule has 2 unspecified atom stereocenters. The third-order valence-electron chi connectivity index (χ3n) is 8.36. The number of aliphatic hydroxyl groups is 1. The highest BCUT2D eigenvalue weighted by atomic mass is 32.1. The number of aryl methyl sites for hydroxylation is 1. The molecule has 2 aliphatic rings. The molecule has 2 aromatic heterocycles. The van der Waals surface area contributed by atoms with Gasteiger partial charge in [0.1, 0.15) is 28.5 Å². The van der Waals surface area contributed by atoms with Crippen molar-refractivity contribution in [3.8, 4) is 5.75 Å². The molecule has 1 saturated carbocycles. The molecule has 1 aliphatic heterocycles. The lowest BCUT2D eigenvalue weighted by Crippen LogP contribution is -2.52. The van der Waals surface area contributed by atoms with Crippen LogP contribution < -0.4 is 21.3 Å². The van der Waals surface area contributed by atoms with Crippen LogP contribution in [0.4, 0.5) is 0 Å². The number of rotatable bonds is 9. The molecule has 3 N–H and O–H groups in total. The van der Waals surface area contributed by atoms with E-state index in [-0.39, 0.29) is 30.2 Å². The maximum atomic E-state index is 14.2. The van der Waals surface area contributed by atoms with Gasteiger partial charge in [0.05, 0.1) is 42.2 Å². The van der Waals surface area contributed by atoms with Gasteiger partial charge in [0.2, 0.25) is 0 Å². The van der Waals surface area contributed by atoms with E-state index in [2.05, 4.69) is 5.32 Å². The molecule has 5 rings (SSSR count). The average molecular weight is 602 g/mol. The molecule has 11 nitrogen and oxygen atoms in total. The quantitative estimate of drug-likeness (QED) is 0.336. The number of fused-ring (bicyclic) bond motifs is 1. The van der Waals surface area contributed by atoms with Crippen molar-refractivity contribution in [3.63, 3.8) is 0 Å². The van der Waals surface area contributed by atoms with Crippen LogP contribution in [0.3, 0.4) is 0 Å². The van der Waals surface area contributed by atoms with E-state index in [1.165, 1.54) is 29.8 Å². The standard InChI is InChI=1S/C30H39N3O8S/c1-16-14-31-25(40-16)24-17(2)23-26(35)33(30(3,4)28(36)37)29(38)32(27(23)42-24)15-22(20-8-6-7-9-21(20)39-5)41-19-12-10-18(34)11-13-19/h6-9,16,18-19,22,25,31,34H,10-15H2,1-5H3,(H,36,37)/t16?,18?,19?,22-,25?/m0/s1. The number of aliphatic carboxylic acids is 1. The Morgan fingerprint density at radius 1 is 1.21 bits per heavy atom. The Bertz CT molecular complexity index is 1580. The summed E-state index contributed by atoms with van der Waals surface area (Å²) >= 11 is 1.29. The minimum absolute atomic E-state index is 0.0134. The summed E-state index contributed by atoms with van der Waals surface area (Å²) in [5.74, 6) is -0.712. The van der Waals surface area contributed by atoms with E-state index in [9.17, 15) is 24.6 Å². The maximum Gasteiger partial charge on any atom is 0.333 e. The number of benzene rings is 1. The first-order valence-electron chi connectivity index (χ1n) is 14.3. The summed E-state index contributed by atoms with van der Waals surface area (Å²) in [6, 6.07) is 7.41. The predicted octanol–water partition coefficient (Wildman–Crippen LogP) is 3.43. The van der Waals surface area contributed by atoms with Crippen LogP contribution in [0, 0.1) is 6.92 Å². The second-order valence-electron chi connectivity index (χ2n) is 11.7. The van der Waals surface area contributed by atoms with Gasteiger partial charge in [0, 0.05) is 12.1 Å². The Morgan fingerprint density at radius 2 is 1.90 bits per heavy atom. The van der Waals surface area contributed by atoms with Gasteiger partial charge in [-0.1, -0.05) is 18.2 Å². The van der Waals surface area contributed by atoms with Crippen molar-refractivity contribution >= 4 is 27.5 Å². The lowest BCUT2D eigenvalue weighted by molar-refractivity contribution is -0.146. The predicted molar refractivity (Wildman–Crippen MR) is 158 cm³/mol. The van der Waals surface area contributed by atoms with Gasteiger partial charge >= 0.3 is 11.7 Å². The van der Waals surface area contributed by atoms with Crippen LogP contribution in [0.2, 0.25) is 0 Å². The smallest absolute Gasteiger partial charge is 0.333 e. The summed E-state index contributed by atoms with van der Waals surface area (Å²) in [6.07, 6.45) is 0.902. The number of nitrogens with one attached hydrogen (secondary N) is 1. The fourth-order valence-corrected chi connectivity index (χ4v) is 7.16. The van der Waals surface area contributed by atoms with E-state index >= 15 is 0 Å². The van der Waals surface area contributed by atoms with Crippen LogP contribution in [0.1, 0.15) is 74.8 Å². The van der Waals surface area contributed by atoms with E-state index in [4.69, 9.17) is 14.2 Å². The zero-order valence-electron chi connectivity index (χ0n) is 24.6. The van der Waals surface area contributed by atoms with Gasteiger partial charge in [-0.3, -0.25) is 14.7 Å². The molecule has 0 radical (unpaired) electrons. The second-order valence-corrected chi connectivity index (χ2v) is 12.7. The van der Waals surface area contributed by atoms with Crippen molar-refractivity contribution in [2.75, 3.05) is 13.7 Å². The van der Waals surface area contributed by atoms with Gasteiger partial charge in [-0.2, -0.15) is 0 Å². The van der Waals surface area contributed by atoms with E-state index in [1.54, 1.807) is 14.0 Å². The van der Waals surface area contributed by atoms with Crippen molar-refractivity contribution in [3.05, 3.63) is 61.1 Å². The Labute approximate surface area is 247 Å². The number of ether oxygens (including phenoxy) is 3. The van der Waals surface area contributed by atoms with Crippen LogP contribution in [-0.4, -0.2) is 57.3 Å². The van der Waals surface area contributed by atoms with Crippen LogP contribution >= 0.6 is 11.3 Å². The van der Waals surface area contributed by atoms with Crippen molar-refractivity contribution < 1.29 is 29.2 Å². The third-order valence-corrected chi connectivity index (χ3v) is 9.72. The highest BCUT2D eigenvalue weighted by Gasteiger charge is 2.37. The van der Waals surface area contributed by atoms with E-state index in [0.717, 1.165) is 15.0 Å². The van der Waals surface area contributed by atoms with Crippen LogP contribution in [0.15, 0.2) is 33.9 Å². The molecule has 3 atom stereocenters. The molecule has 0 bridgehead atoms. The first-order valence-corrected chi connectivity index (χ1v) is 15.1. The molecule has 228 valence electrons. The number of aliphatic hydroxyl groups excluding tert-OH is 1. The summed E-state index contributed by atoms with van der Waals surface area (Å²) in [5.41, 5.74) is -1.82. The van der Waals surface area contributed by atoms with Gasteiger partial charge in [-0.25, -0.2) is 14.2 Å². The number of methoxy groups -OCH3 is 1. The minimum atomic E-state index is -1.81. The monoisotopic (exact) mass is 601 g/mol. The number of carbonyl (C=O) groups is 1. The Balaban J connectivity index is 1.71. The van der Waals surface area contributed by atoms with E-state index in [0.29, 0.717) is 48.4 Å². The fraction of sp³-hybridized carbons (Fsp3) is 0.567. The molecule has 1 saturated heterocycles. The van der Waals surface area contributed by atoms with Gasteiger partial charge in [0.25, 0.3) is 5.56 Å². The van der Waals surface area contributed by atoms with Crippen LogP contribution in [-0.2, 0) is 26.4 Å². The molecule has 3 heterocycles. The first kappa shape index (κ1) is 30.4. The summed E-state index contributed by atoms with van der Waals surface area (Å²) < 4.78 is 20.6. The number of para-hydroxylation sites is 1. The summed E-state index contributed by atoms with van der Waals surface area (Å²) in [5, 5.41) is 23.7. The topological polar surface area (TPSA) is 141 Å². The number of aromatic nitrogens is 2. The summed E-state index contributed by atoms with van der Waals surface area (Å²) in [4.78, 5) is 41.7. The van der Waals surface area contributed by atoms with Crippen LogP contribution in [0.25, 0.3) is 10.2 Å². The number of nitrogens with zero attached hydrogens (tertiary/aromatic N) is 2. The third kappa shape index (κ3) is 5.53. The number of hydrogen-bond donors (Lipinski definition) is 3. The molecule has 1 aromatic carbocycles. The number of carboxylic acid groups (broad SMARTS) is 1. The van der Waals surface area contributed by atoms with Crippen molar-refractivity contribution in [1.29, 1.82) is 0 Å². The zero-order valence-corrected chi connectivity index (χ0v) is 25.4. The Kier molecular flexibility index (Phi) is 8.64. The molecule has 42 heavy (non-hydrogen) atoms. The first-order chi connectivity index (χ1) is 19.9. The molecule has 3 aromatic rings. The lowest BCUT2D eigenvalue weighted by Gasteiger charge is -2.31. The second kappa shape index (κ2) is 11.9. The van der Waals surface area contributed by atoms with Gasteiger partial charge in [-0.15, -0.1) is 11.3 Å². The zero-order chi connectivity index (χ0) is 30.3. The van der Waals surface area contributed by atoms with Crippen molar-refractivity contribution in [1.82, 2.24) is 14.5 Å². The number of thiophene rings is 1. The van der Waals surface area contributed by atoms with Gasteiger partial charge in [0.15, 0.2) is 0 Å². The van der Waals surface area contributed by atoms with E-state index < -0.39 is 35.1 Å². The molecule has 2 fully saturated rings. The SMILES string of the molecule is COc1ccccc1[C@H](Cn1c(=O)n(C(C)(C)C(=O)O)c(=O)c2c(C)c(C3NCC(C)O3)sc21)OC1CCC(O)CC1. The molecule has 0 amide bonds. The number of carboxylic acids is 1. The lowest BCUT2D eigenvalue weighted by atomic mass is 9.94. The van der Waals surface area contributed by atoms with Gasteiger partial charge in [-0.05, 0) is 65.0 Å². The molecule has 12 heteroatoms. The van der Waals surface area contributed by atoms with Gasteiger partial charge < -0.3 is 24.4 Å². The van der Waals surface area contributed by atoms with E-state index in [1.807, 2.05) is 31.2 Å². The summed E-state index contributed by atoms with van der Waals surface area (Å²) in [6.45, 7) is 7.11. The van der Waals surface area contributed by atoms with Crippen molar-refractivity contribution in [2.45, 2.75) is 96.1 Å². The maximum absolute atomic E-state index is 14.2. The molecular formula is C30H39N3O8S. The molecular weight excluding hydrogens is 562 g/mol. The highest BCUT2D eigenvalue weighted by molar-refractivity contribution is 7.19. The molecule has 1 aliphatic carbocycles. The average Bonchev–Trinajstić information content (AvgIpc) is 3.54. The normalized spacial score (nSPS) is 23.8. The molecule has 0 spiro atoms. The summed E-state index contributed by atoms with van der Waals surface area (Å²) in [7, 11) is 1.57. The Hall–Kier alpha value is -3.03.